The summed E-state index contributed by atoms with van der Waals surface area (Å²) in [7, 11) is -4.70. The van der Waals surface area contributed by atoms with Gasteiger partial charge < -0.3 is 15.4 Å². The molecule has 0 aromatic rings. The lowest BCUT2D eigenvalue weighted by molar-refractivity contribution is 0.0526. The Morgan fingerprint density at radius 1 is 1.10 bits per heavy atom. The molecule has 0 saturated heterocycles. The van der Waals surface area contributed by atoms with Gasteiger partial charge in [-0.3, -0.25) is 0 Å². The summed E-state index contributed by atoms with van der Waals surface area (Å²) in [6.45, 7) is 18.6. The highest BCUT2D eigenvalue weighted by molar-refractivity contribution is 7.89. The van der Waals surface area contributed by atoms with Crippen molar-refractivity contribution >= 4 is 24.2 Å². The maximum Gasteiger partial charge on any atom is 0.407 e. The van der Waals surface area contributed by atoms with Gasteiger partial charge in [0.1, 0.15) is 5.60 Å². The summed E-state index contributed by atoms with van der Waals surface area (Å²) in [6.07, 6.45) is 3.51. The van der Waals surface area contributed by atoms with Crippen molar-refractivity contribution in [2.75, 3.05) is 38.5 Å². The van der Waals surface area contributed by atoms with Gasteiger partial charge >= 0.3 is 6.09 Å². The van der Waals surface area contributed by atoms with E-state index in [-0.39, 0.29) is 5.75 Å². The van der Waals surface area contributed by atoms with Crippen LogP contribution < -0.4 is 10.6 Å². The zero-order valence-electron chi connectivity index (χ0n) is 19.3. The molecule has 0 heterocycles. The molecule has 9 heteroatoms. The number of amides is 1. The number of nitrogens with one attached hydrogen (secondary N) is 2. The minimum atomic E-state index is -3.27. The number of ether oxygens (including phenoxy) is 1. The molecule has 0 atom stereocenters. The number of unbranched alkanes of at least 4 members (excludes halogenated alkanes) is 1. The number of rotatable bonds is 15. The highest BCUT2D eigenvalue weighted by Crippen LogP contribution is 2.14. The van der Waals surface area contributed by atoms with Crippen molar-refractivity contribution < 1.29 is 17.9 Å². The van der Waals surface area contributed by atoms with Crippen molar-refractivity contribution in [1.82, 2.24) is 14.9 Å². The van der Waals surface area contributed by atoms with Crippen LogP contribution in [0.15, 0.2) is 12.7 Å². The van der Waals surface area contributed by atoms with Crippen molar-refractivity contribution in [3.05, 3.63) is 12.7 Å². The van der Waals surface area contributed by atoms with E-state index in [1.165, 1.54) is 0 Å². The van der Waals surface area contributed by atoms with Gasteiger partial charge in [0.05, 0.1) is 5.75 Å². The molecule has 0 aliphatic carbocycles. The minimum Gasteiger partial charge on any atom is -0.444 e. The first kappa shape index (κ1) is 28.1. The molecule has 0 bridgehead atoms. The molecule has 0 rings (SSSR count). The molecule has 0 unspecified atom stereocenters. The van der Waals surface area contributed by atoms with E-state index in [0.29, 0.717) is 32.5 Å². The van der Waals surface area contributed by atoms with E-state index in [1.54, 1.807) is 10.4 Å². The highest BCUT2D eigenvalue weighted by atomic mass is 32.2. The van der Waals surface area contributed by atoms with Crippen LogP contribution in [0.2, 0.25) is 25.7 Å². The van der Waals surface area contributed by atoms with Crippen molar-refractivity contribution in [2.24, 2.45) is 0 Å². The highest BCUT2D eigenvalue weighted by Gasteiger charge is 2.24. The maximum absolute atomic E-state index is 12.8. The first-order valence-electron chi connectivity index (χ1n) is 10.5. The molecular formula is C20H43N3O4SSi. The number of carbonyl (C=O) groups is 1. The Labute approximate surface area is 179 Å². The molecule has 0 aromatic carbocycles. The summed E-state index contributed by atoms with van der Waals surface area (Å²) in [6, 6.07) is 0.765. The molecule has 0 spiro atoms. The fourth-order valence-corrected chi connectivity index (χ4v) is 7.01. The van der Waals surface area contributed by atoms with Gasteiger partial charge in [0, 0.05) is 34.3 Å². The van der Waals surface area contributed by atoms with Crippen LogP contribution in [-0.4, -0.2) is 71.0 Å². The van der Waals surface area contributed by atoms with Crippen molar-refractivity contribution in [1.29, 1.82) is 0 Å². The van der Waals surface area contributed by atoms with E-state index in [9.17, 15) is 13.2 Å². The lowest BCUT2D eigenvalue weighted by Crippen LogP contribution is -2.38. The standard InChI is InChI=1S/C20H43N3O4SSi/c1-8-12-21-13-11-16-23(28(25,26)17-18-29(5,6)7)15-10-9-14-22-19(24)27-20(2,3)4/h8,21H,1,9-18H2,2-7H3,(H,22,24). The van der Waals surface area contributed by atoms with E-state index in [4.69, 9.17) is 4.74 Å². The number of sulfonamides is 1. The smallest absolute Gasteiger partial charge is 0.407 e. The molecule has 1 amide bonds. The van der Waals surface area contributed by atoms with Gasteiger partial charge in [-0.2, -0.15) is 0 Å². The lowest BCUT2D eigenvalue weighted by Gasteiger charge is -2.24. The fourth-order valence-electron chi connectivity index (χ4n) is 2.46. The molecule has 0 aromatic heterocycles. The van der Waals surface area contributed by atoms with Crippen molar-refractivity contribution in [2.45, 2.75) is 71.3 Å². The van der Waals surface area contributed by atoms with Crippen LogP contribution in [0.5, 0.6) is 0 Å². The van der Waals surface area contributed by atoms with Gasteiger partial charge in [0.25, 0.3) is 0 Å². The summed E-state index contributed by atoms with van der Waals surface area (Å²) in [5.41, 5.74) is -0.523. The normalized spacial score (nSPS) is 12.8. The van der Waals surface area contributed by atoms with Crippen LogP contribution in [0.4, 0.5) is 4.79 Å². The summed E-state index contributed by atoms with van der Waals surface area (Å²) >= 11 is 0. The summed E-state index contributed by atoms with van der Waals surface area (Å²) in [5, 5.41) is 5.93. The topological polar surface area (TPSA) is 87.7 Å². The van der Waals surface area contributed by atoms with E-state index in [2.05, 4.69) is 36.9 Å². The number of carbonyl (C=O) groups excluding carboxylic acids is 1. The van der Waals surface area contributed by atoms with E-state index in [1.807, 2.05) is 20.8 Å². The molecular weight excluding hydrogens is 406 g/mol. The van der Waals surface area contributed by atoms with E-state index >= 15 is 0 Å². The number of hydrogen-bond donors (Lipinski definition) is 2. The largest absolute Gasteiger partial charge is 0.444 e. The predicted octanol–water partition coefficient (Wildman–Crippen LogP) is 3.43. The van der Waals surface area contributed by atoms with Gasteiger partial charge in [-0.25, -0.2) is 17.5 Å². The van der Waals surface area contributed by atoms with Gasteiger partial charge in [-0.05, 0) is 52.6 Å². The van der Waals surface area contributed by atoms with Gasteiger partial charge in [-0.15, -0.1) is 6.58 Å². The second-order valence-electron chi connectivity index (χ2n) is 9.51. The Hall–Kier alpha value is -0.903. The Kier molecular flexibility index (Phi) is 13.0. The van der Waals surface area contributed by atoms with Crippen LogP contribution >= 0.6 is 0 Å². The number of hydrogen-bond acceptors (Lipinski definition) is 5. The average molecular weight is 450 g/mol. The second-order valence-corrected chi connectivity index (χ2v) is 17.2. The van der Waals surface area contributed by atoms with Gasteiger partial charge in [0.15, 0.2) is 0 Å². The van der Waals surface area contributed by atoms with Crippen molar-refractivity contribution in [3.8, 4) is 0 Å². The third-order valence-electron chi connectivity index (χ3n) is 4.06. The minimum absolute atomic E-state index is 0.221. The Balaban J connectivity index is 4.54. The fraction of sp³-hybridized carbons (Fsp3) is 0.850. The quantitative estimate of drug-likeness (QED) is 0.227. The third-order valence-corrected chi connectivity index (χ3v) is 8.04. The van der Waals surface area contributed by atoms with Gasteiger partial charge in [-0.1, -0.05) is 25.7 Å². The Bertz CT molecular complexity index is 584. The Morgan fingerprint density at radius 3 is 2.28 bits per heavy atom. The first-order chi connectivity index (χ1) is 13.3. The van der Waals surface area contributed by atoms with E-state index < -0.39 is 29.8 Å². The predicted molar refractivity (Wildman–Crippen MR) is 125 cm³/mol. The first-order valence-corrected chi connectivity index (χ1v) is 15.8. The second kappa shape index (κ2) is 13.4. The summed E-state index contributed by atoms with van der Waals surface area (Å²) in [5.74, 6) is 0.221. The molecule has 0 aliphatic rings. The monoisotopic (exact) mass is 449 g/mol. The van der Waals surface area contributed by atoms with Crippen LogP contribution in [0, 0.1) is 0 Å². The zero-order chi connectivity index (χ0) is 22.6. The SMILES string of the molecule is C=CCNCCCN(CCCCNC(=O)OC(C)(C)C)S(=O)(=O)CC[Si](C)(C)C. The maximum atomic E-state index is 12.8. The number of nitrogens with zero attached hydrogens (tertiary/aromatic N) is 1. The summed E-state index contributed by atoms with van der Waals surface area (Å²) < 4.78 is 32.5. The molecule has 0 saturated carbocycles. The molecule has 0 fully saturated rings. The molecule has 2 N–H and O–H groups in total. The van der Waals surface area contributed by atoms with Crippen LogP contribution in [0.3, 0.4) is 0 Å². The zero-order valence-corrected chi connectivity index (χ0v) is 21.2. The van der Waals surface area contributed by atoms with Gasteiger partial charge in [0.2, 0.25) is 10.0 Å². The summed E-state index contributed by atoms with van der Waals surface area (Å²) in [4.78, 5) is 11.7. The third kappa shape index (κ3) is 16.6. The van der Waals surface area contributed by atoms with Crippen LogP contribution in [0.25, 0.3) is 0 Å². The Morgan fingerprint density at radius 2 is 1.72 bits per heavy atom. The van der Waals surface area contributed by atoms with Crippen molar-refractivity contribution in [3.63, 3.8) is 0 Å². The lowest BCUT2D eigenvalue weighted by atomic mass is 10.2. The van der Waals surface area contributed by atoms with Crippen LogP contribution in [0.1, 0.15) is 40.0 Å². The molecule has 29 heavy (non-hydrogen) atoms. The van der Waals surface area contributed by atoms with Crippen LogP contribution in [-0.2, 0) is 14.8 Å². The van der Waals surface area contributed by atoms with E-state index in [0.717, 1.165) is 25.6 Å². The molecule has 0 aliphatic heterocycles. The molecule has 172 valence electrons. The number of alkyl carbamates (subject to hydrolysis) is 1. The average Bonchev–Trinajstić information content (AvgIpc) is 2.55. The molecule has 7 nitrogen and oxygen atoms in total. The molecule has 0 radical (unpaired) electrons.